The largest absolute Gasteiger partial charge is 0.492 e. The third-order valence-corrected chi connectivity index (χ3v) is 4.19. The predicted molar refractivity (Wildman–Crippen MR) is 107 cm³/mol. The lowest BCUT2D eigenvalue weighted by molar-refractivity contribution is 0.101. The van der Waals surface area contributed by atoms with Gasteiger partial charge in [0, 0.05) is 18.7 Å². The summed E-state index contributed by atoms with van der Waals surface area (Å²) in [4.78, 5) is 23.8. The average molecular weight is 381 g/mol. The Morgan fingerprint density at radius 1 is 1.18 bits per heavy atom. The Morgan fingerprint density at radius 2 is 2.00 bits per heavy atom. The lowest BCUT2D eigenvalue weighted by Gasteiger charge is -2.13. The van der Waals surface area contributed by atoms with Crippen LogP contribution in [0.15, 0.2) is 42.5 Å². The number of carbonyl (C=O) groups is 2. The van der Waals surface area contributed by atoms with Crippen molar-refractivity contribution in [1.82, 2.24) is 20.3 Å². The van der Waals surface area contributed by atoms with Crippen molar-refractivity contribution in [3.8, 4) is 5.75 Å². The topological polar surface area (TPSA) is 98.1 Å². The fourth-order valence-corrected chi connectivity index (χ4v) is 2.81. The molecule has 0 unspecified atom stereocenters. The fraction of sp³-hybridized carbons (Fsp3) is 0.300. The molecule has 28 heavy (non-hydrogen) atoms. The Bertz CT molecular complexity index is 983. The van der Waals surface area contributed by atoms with E-state index >= 15 is 0 Å². The van der Waals surface area contributed by atoms with Crippen LogP contribution in [0.25, 0.3) is 11.0 Å². The molecule has 2 amide bonds. The third-order valence-electron chi connectivity index (χ3n) is 4.19. The van der Waals surface area contributed by atoms with E-state index in [1.54, 1.807) is 18.2 Å². The normalized spacial score (nSPS) is 10.6. The predicted octanol–water partition coefficient (Wildman–Crippen LogP) is 3.24. The van der Waals surface area contributed by atoms with Crippen molar-refractivity contribution in [1.29, 1.82) is 0 Å². The summed E-state index contributed by atoms with van der Waals surface area (Å²) >= 11 is 0. The van der Waals surface area contributed by atoms with Gasteiger partial charge >= 0.3 is 6.03 Å². The zero-order chi connectivity index (χ0) is 19.9. The minimum absolute atomic E-state index is 0.0773. The van der Waals surface area contributed by atoms with Crippen molar-refractivity contribution >= 4 is 28.5 Å². The SMILES string of the molecule is CCOc1ccc(C(C)=O)cc1NC(=O)NCCCn1nnc2ccccc21. The maximum absolute atomic E-state index is 12.2. The zero-order valence-corrected chi connectivity index (χ0v) is 15.9. The Balaban J connectivity index is 1.54. The van der Waals surface area contributed by atoms with E-state index in [4.69, 9.17) is 4.74 Å². The van der Waals surface area contributed by atoms with Gasteiger partial charge in [0.2, 0.25) is 0 Å². The molecule has 8 nitrogen and oxygen atoms in total. The molecule has 2 N–H and O–H groups in total. The van der Waals surface area contributed by atoms with Gasteiger partial charge < -0.3 is 15.4 Å². The zero-order valence-electron chi connectivity index (χ0n) is 15.9. The van der Waals surface area contributed by atoms with E-state index in [1.165, 1.54) is 6.92 Å². The van der Waals surface area contributed by atoms with Gasteiger partial charge in [0.25, 0.3) is 0 Å². The van der Waals surface area contributed by atoms with E-state index < -0.39 is 0 Å². The number of para-hydroxylation sites is 1. The highest BCUT2D eigenvalue weighted by Crippen LogP contribution is 2.26. The van der Waals surface area contributed by atoms with Crippen molar-refractivity contribution < 1.29 is 14.3 Å². The van der Waals surface area contributed by atoms with Gasteiger partial charge in [-0.1, -0.05) is 17.3 Å². The van der Waals surface area contributed by atoms with Crippen molar-refractivity contribution in [2.24, 2.45) is 0 Å². The van der Waals surface area contributed by atoms with E-state index in [0.29, 0.717) is 43.1 Å². The number of aromatic nitrogens is 3. The molecule has 0 fully saturated rings. The number of hydrogen-bond donors (Lipinski definition) is 2. The molecule has 146 valence electrons. The Labute approximate surface area is 162 Å². The van der Waals surface area contributed by atoms with Crippen LogP contribution in [0, 0.1) is 0 Å². The van der Waals surface area contributed by atoms with Crippen LogP contribution in [0.3, 0.4) is 0 Å². The summed E-state index contributed by atoms with van der Waals surface area (Å²) in [5.41, 5.74) is 2.79. The number of nitrogens with one attached hydrogen (secondary N) is 2. The highest BCUT2D eigenvalue weighted by Gasteiger charge is 2.11. The number of aryl methyl sites for hydroxylation is 1. The monoisotopic (exact) mass is 381 g/mol. The van der Waals surface area contributed by atoms with Gasteiger partial charge in [-0.15, -0.1) is 5.10 Å². The highest BCUT2D eigenvalue weighted by atomic mass is 16.5. The van der Waals surface area contributed by atoms with Crippen molar-refractivity contribution in [3.63, 3.8) is 0 Å². The minimum Gasteiger partial charge on any atom is -0.492 e. The van der Waals surface area contributed by atoms with Gasteiger partial charge in [-0.3, -0.25) is 4.79 Å². The third kappa shape index (κ3) is 4.64. The molecule has 0 bridgehead atoms. The molecule has 1 aromatic heterocycles. The fourth-order valence-electron chi connectivity index (χ4n) is 2.81. The van der Waals surface area contributed by atoms with Crippen LogP contribution in [-0.2, 0) is 6.54 Å². The first-order valence-electron chi connectivity index (χ1n) is 9.19. The average Bonchev–Trinajstić information content (AvgIpc) is 3.10. The molecule has 0 saturated heterocycles. The second kappa shape index (κ2) is 8.98. The summed E-state index contributed by atoms with van der Waals surface area (Å²) in [5.74, 6) is 0.448. The first-order chi connectivity index (χ1) is 13.6. The Kier molecular flexibility index (Phi) is 6.21. The molecular formula is C20H23N5O3. The molecule has 0 aliphatic heterocycles. The molecule has 0 aliphatic rings. The summed E-state index contributed by atoms with van der Waals surface area (Å²) in [6.07, 6.45) is 0.701. The first kappa shape index (κ1) is 19.3. The second-order valence-electron chi connectivity index (χ2n) is 6.24. The minimum atomic E-state index is -0.356. The first-order valence-corrected chi connectivity index (χ1v) is 9.19. The summed E-state index contributed by atoms with van der Waals surface area (Å²) in [5, 5.41) is 13.8. The number of urea groups is 1. The van der Waals surface area contributed by atoms with Gasteiger partial charge in [-0.2, -0.15) is 0 Å². The molecule has 2 aromatic carbocycles. The molecule has 8 heteroatoms. The van der Waals surface area contributed by atoms with Crippen LogP contribution in [0.2, 0.25) is 0 Å². The summed E-state index contributed by atoms with van der Waals surface area (Å²) < 4.78 is 7.33. The van der Waals surface area contributed by atoms with Crippen LogP contribution in [-0.4, -0.2) is 40.0 Å². The van der Waals surface area contributed by atoms with E-state index in [1.807, 2.05) is 35.9 Å². The number of ether oxygens (including phenoxy) is 1. The molecule has 3 aromatic rings. The Morgan fingerprint density at radius 3 is 2.79 bits per heavy atom. The van der Waals surface area contributed by atoms with E-state index in [-0.39, 0.29) is 11.8 Å². The highest BCUT2D eigenvalue weighted by molar-refractivity contribution is 5.97. The van der Waals surface area contributed by atoms with Gasteiger partial charge in [-0.25, -0.2) is 9.48 Å². The summed E-state index contributed by atoms with van der Waals surface area (Å²) in [6, 6.07) is 12.4. The van der Waals surface area contributed by atoms with Crippen LogP contribution in [0.1, 0.15) is 30.6 Å². The smallest absolute Gasteiger partial charge is 0.319 e. The number of anilines is 1. The lowest BCUT2D eigenvalue weighted by Crippen LogP contribution is -2.30. The molecular weight excluding hydrogens is 358 g/mol. The Hall–Kier alpha value is -3.42. The van der Waals surface area contributed by atoms with Crippen molar-refractivity contribution in [3.05, 3.63) is 48.0 Å². The molecule has 0 spiro atoms. The summed E-state index contributed by atoms with van der Waals surface area (Å²) in [6.45, 7) is 4.91. The van der Waals surface area contributed by atoms with Gasteiger partial charge in [0.05, 0.1) is 17.8 Å². The van der Waals surface area contributed by atoms with Crippen molar-refractivity contribution in [2.75, 3.05) is 18.5 Å². The number of amides is 2. The maximum Gasteiger partial charge on any atom is 0.319 e. The van der Waals surface area contributed by atoms with Crippen molar-refractivity contribution in [2.45, 2.75) is 26.8 Å². The lowest BCUT2D eigenvalue weighted by atomic mass is 10.1. The molecule has 0 atom stereocenters. The van der Waals surface area contributed by atoms with Gasteiger partial charge in [0.1, 0.15) is 11.3 Å². The van der Waals surface area contributed by atoms with Crippen LogP contribution in [0.4, 0.5) is 10.5 Å². The molecule has 0 radical (unpaired) electrons. The number of carbonyl (C=O) groups excluding carboxylic acids is 2. The maximum atomic E-state index is 12.2. The number of Topliss-reactive ketones (excluding diaryl/α,β-unsaturated/α-hetero) is 1. The van der Waals surface area contributed by atoms with E-state index in [2.05, 4.69) is 20.9 Å². The van der Waals surface area contributed by atoms with Gasteiger partial charge in [0.15, 0.2) is 5.78 Å². The molecule has 0 aliphatic carbocycles. The molecule has 3 rings (SSSR count). The molecule has 1 heterocycles. The second-order valence-corrected chi connectivity index (χ2v) is 6.24. The number of hydrogen-bond acceptors (Lipinski definition) is 5. The van der Waals surface area contributed by atoms with E-state index in [0.717, 1.165) is 11.0 Å². The number of fused-ring (bicyclic) bond motifs is 1. The number of rotatable bonds is 8. The standard InChI is InChI=1S/C20H23N5O3/c1-3-28-19-10-9-15(14(2)26)13-17(19)22-20(27)21-11-6-12-25-18-8-5-4-7-16(18)23-24-25/h4-5,7-10,13H,3,6,11-12H2,1-2H3,(H2,21,22,27). The van der Waals surface area contributed by atoms with E-state index in [9.17, 15) is 9.59 Å². The number of nitrogens with zero attached hydrogens (tertiary/aromatic N) is 3. The molecule has 0 saturated carbocycles. The van der Waals surface area contributed by atoms with Crippen LogP contribution in [0.5, 0.6) is 5.75 Å². The number of benzene rings is 2. The van der Waals surface area contributed by atoms with Gasteiger partial charge in [-0.05, 0) is 50.6 Å². The van der Waals surface area contributed by atoms with Crippen LogP contribution >= 0.6 is 0 Å². The number of ketones is 1. The van der Waals surface area contributed by atoms with Crippen LogP contribution < -0.4 is 15.4 Å². The quantitative estimate of drug-likeness (QED) is 0.461. The summed E-state index contributed by atoms with van der Waals surface area (Å²) in [7, 11) is 0.